The van der Waals surface area contributed by atoms with Crippen molar-refractivity contribution in [3.8, 4) is 11.5 Å². The van der Waals surface area contributed by atoms with E-state index in [-0.39, 0.29) is 43.3 Å². The Morgan fingerprint density at radius 2 is 1.43 bits per heavy atom. The van der Waals surface area contributed by atoms with Gasteiger partial charge in [-0.05, 0) is 70.8 Å². The normalized spacial score (nSPS) is 11.5. The van der Waals surface area contributed by atoms with Crippen LogP contribution in [-0.2, 0) is 25.6 Å². The number of carbonyl (C=O) groups excluding carboxylic acids is 4. The van der Waals surface area contributed by atoms with Crippen LogP contribution >= 0.6 is 0 Å². The molecule has 0 saturated heterocycles. The molecule has 0 fully saturated rings. The molecule has 40 heavy (non-hydrogen) atoms. The molecule has 1 aromatic rings. The largest absolute Gasteiger partial charge is 0.508 e. The fraction of sp³-hybridized carbons (Fsp3) is 0.630. The Morgan fingerprint density at radius 3 is 2.10 bits per heavy atom. The van der Waals surface area contributed by atoms with Crippen LogP contribution in [0.4, 0.5) is 0 Å². The molecule has 1 aromatic carbocycles. The highest BCUT2D eigenvalue weighted by Gasteiger charge is 2.21. The van der Waals surface area contributed by atoms with Gasteiger partial charge in [-0.15, -0.1) is 0 Å². The van der Waals surface area contributed by atoms with Gasteiger partial charge in [0.1, 0.15) is 11.5 Å². The number of rotatable bonds is 23. The van der Waals surface area contributed by atoms with E-state index in [0.29, 0.717) is 31.6 Å². The molecule has 11 N–H and O–H groups in total. The van der Waals surface area contributed by atoms with Crippen LogP contribution < -0.4 is 38.1 Å². The molecule has 1 rings (SSSR count). The van der Waals surface area contributed by atoms with Gasteiger partial charge in [0.2, 0.25) is 23.6 Å². The van der Waals surface area contributed by atoms with Crippen molar-refractivity contribution in [1.29, 1.82) is 0 Å². The van der Waals surface area contributed by atoms with Crippen LogP contribution in [0, 0.1) is 5.92 Å². The monoisotopic (exact) mass is 565 g/mol. The summed E-state index contributed by atoms with van der Waals surface area (Å²) in [5.74, 6) is -2.72. The van der Waals surface area contributed by atoms with E-state index in [0.717, 1.165) is 57.8 Å². The first-order valence-corrected chi connectivity index (χ1v) is 13.9. The van der Waals surface area contributed by atoms with E-state index in [1.165, 1.54) is 12.1 Å². The van der Waals surface area contributed by atoms with Gasteiger partial charge in [0.25, 0.3) is 0 Å². The van der Waals surface area contributed by atoms with E-state index >= 15 is 0 Å². The lowest BCUT2D eigenvalue weighted by Crippen LogP contribution is -2.41. The number of hydrogen-bond acceptors (Lipinski definition) is 9. The van der Waals surface area contributed by atoms with Gasteiger partial charge in [-0.25, -0.2) is 0 Å². The average Bonchev–Trinajstić information content (AvgIpc) is 2.90. The fourth-order valence-electron chi connectivity index (χ4n) is 3.80. The van der Waals surface area contributed by atoms with Crippen LogP contribution in [0.15, 0.2) is 18.2 Å². The van der Waals surface area contributed by atoms with Gasteiger partial charge in [-0.2, -0.15) is 0 Å². The summed E-state index contributed by atoms with van der Waals surface area (Å²) in [6.45, 7) is 4.50. The number of primary amides is 1. The van der Waals surface area contributed by atoms with Gasteiger partial charge in [0.15, 0.2) is 0 Å². The summed E-state index contributed by atoms with van der Waals surface area (Å²) >= 11 is 0. The lowest BCUT2D eigenvalue weighted by atomic mass is 10.0. The first-order chi connectivity index (χ1) is 19.2. The standard InChI is InChI=1S/C27H47N7O6/c28-9-6-12-30-10-4-5-11-31-19-26(39)32-13-2-1-3-14-33-27(40)21(15-24(29)37)18-34-25(38)16-20-7-8-22(35)17-23(20)36/h7-8,17,21,30-31,35-36H,1-6,9-16,18-19,28H2,(H2,29,37)(H,32,39)(H,33,40)(H,34,38)/t21-/m1/s1. The van der Waals surface area contributed by atoms with Crippen molar-refractivity contribution < 1.29 is 29.4 Å². The molecule has 226 valence electrons. The minimum Gasteiger partial charge on any atom is -0.508 e. The molecule has 0 spiro atoms. The number of unbranched alkanes of at least 4 members (excludes halogenated alkanes) is 3. The van der Waals surface area contributed by atoms with E-state index in [2.05, 4.69) is 26.6 Å². The van der Waals surface area contributed by atoms with Crippen molar-refractivity contribution in [3.63, 3.8) is 0 Å². The Balaban J connectivity index is 2.15. The van der Waals surface area contributed by atoms with E-state index in [1.54, 1.807) is 0 Å². The lowest BCUT2D eigenvalue weighted by molar-refractivity contribution is -0.129. The first kappa shape index (κ1) is 34.6. The minimum atomic E-state index is -0.825. The molecule has 0 heterocycles. The van der Waals surface area contributed by atoms with Crippen molar-refractivity contribution in [3.05, 3.63) is 23.8 Å². The molecular formula is C27H47N7O6. The maximum atomic E-state index is 12.5. The molecule has 0 saturated carbocycles. The Bertz CT molecular complexity index is 915. The number of phenols is 2. The predicted octanol–water partition coefficient (Wildman–Crippen LogP) is -1.04. The quantitative estimate of drug-likeness (QED) is 0.0738. The Kier molecular flexibility index (Phi) is 18.5. The summed E-state index contributed by atoms with van der Waals surface area (Å²) in [6.07, 6.45) is 4.88. The fourth-order valence-corrected chi connectivity index (χ4v) is 3.80. The topological polar surface area (TPSA) is 221 Å². The summed E-state index contributed by atoms with van der Waals surface area (Å²) in [7, 11) is 0. The summed E-state index contributed by atoms with van der Waals surface area (Å²) in [5.41, 5.74) is 11.0. The van der Waals surface area contributed by atoms with E-state index in [9.17, 15) is 29.4 Å². The van der Waals surface area contributed by atoms with Gasteiger partial charge in [0.05, 0.1) is 18.9 Å². The zero-order chi connectivity index (χ0) is 29.6. The lowest BCUT2D eigenvalue weighted by Gasteiger charge is -2.16. The maximum Gasteiger partial charge on any atom is 0.233 e. The molecule has 0 aromatic heterocycles. The highest BCUT2D eigenvalue weighted by molar-refractivity contribution is 5.86. The molecule has 0 radical (unpaired) electrons. The second-order valence-electron chi connectivity index (χ2n) is 9.64. The highest BCUT2D eigenvalue weighted by Crippen LogP contribution is 2.22. The van der Waals surface area contributed by atoms with Gasteiger partial charge < -0.3 is 48.3 Å². The Morgan fingerprint density at radius 1 is 0.775 bits per heavy atom. The molecule has 0 aliphatic rings. The third-order valence-electron chi connectivity index (χ3n) is 6.06. The van der Waals surface area contributed by atoms with Crippen LogP contribution in [0.25, 0.3) is 0 Å². The number of carbonyl (C=O) groups is 4. The van der Waals surface area contributed by atoms with Crippen molar-refractivity contribution in [1.82, 2.24) is 26.6 Å². The van der Waals surface area contributed by atoms with E-state index in [4.69, 9.17) is 11.5 Å². The van der Waals surface area contributed by atoms with Gasteiger partial charge in [-0.1, -0.05) is 6.07 Å². The third kappa shape index (κ3) is 17.2. The van der Waals surface area contributed by atoms with Crippen LogP contribution in [0.3, 0.4) is 0 Å². The highest BCUT2D eigenvalue weighted by atomic mass is 16.3. The molecule has 0 aliphatic heterocycles. The Labute approximate surface area is 236 Å². The number of phenolic OH excluding ortho intramolecular Hbond substituents is 2. The third-order valence-corrected chi connectivity index (χ3v) is 6.06. The molecule has 0 aliphatic carbocycles. The number of benzene rings is 1. The van der Waals surface area contributed by atoms with Crippen LogP contribution in [0.5, 0.6) is 11.5 Å². The number of nitrogens with one attached hydrogen (secondary N) is 5. The number of hydrogen-bond donors (Lipinski definition) is 9. The molecule has 1 atom stereocenters. The smallest absolute Gasteiger partial charge is 0.233 e. The summed E-state index contributed by atoms with van der Waals surface area (Å²) in [5, 5.41) is 33.8. The van der Waals surface area contributed by atoms with Crippen molar-refractivity contribution in [2.75, 3.05) is 52.4 Å². The average molecular weight is 566 g/mol. The molecular weight excluding hydrogens is 518 g/mol. The van der Waals surface area contributed by atoms with Crippen molar-refractivity contribution >= 4 is 23.6 Å². The number of nitrogens with two attached hydrogens (primary N) is 2. The minimum absolute atomic E-state index is 0.0497. The zero-order valence-corrected chi connectivity index (χ0v) is 23.3. The molecule has 0 bridgehead atoms. The SMILES string of the molecule is NCCCNCCCCNCC(=O)NCCCCCNC(=O)[C@@H](CNC(=O)Cc1ccc(O)cc1O)CC(N)=O. The predicted molar refractivity (Wildman–Crippen MR) is 152 cm³/mol. The maximum absolute atomic E-state index is 12.5. The summed E-state index contributed by atoms with van der Waals surface area (Å²) < 4.78 is 0. The first-order valence-electron chi connectivity index (χ1n) is 13.9. The van der Waals surface area contributed by atoms with E-state index < -0.39 is 23.6 Å². The summed E-state index contributed by atoms with van der Waals surface area (Å²) in [4.78, 5) is 48.1. The molecule has 4 amide bonds. The van der Waals surface area contributed by atoms with Gasteiger partial charge in [-0.3, -0.25) is 19.2 Å². The molecule has 0 unspecified atom stereocenters. The molecule has 13 heteroatoms. The second kappa shape index (κ2) is 21.4. The second-order valence-corrected chi connectivity index (χ2v) is 9.64. The van der Waals surface area contributed by atoms with Crippen LogP contribution in [0.1, 0.15) is 50.5 Å². The Hall–Kier alpha value is -3.42. The van der Waals surface area contributed by atoms with E-state index in [1.807, 2.05) is 0 Å². The summed E-state index contributed by atoms with van der Waals surface area (Å²) in [6, 6.07) is 3.91. The van der Waals surface area contributed by atoms with Crippen LogP contribution in [0.2, 0.25) is 0 Å². The van der Waals surface area contributed by atoms with Gasteiger partial charge >= 0.3 is 0 Å². The molecule has 13 nitrogen and oxygen atoms in total. The van der Waals surface area contributed by atoms with Crippen LogP contribution in [-0.4, -0.2) is 86.2 Å². The van der Waals surface area contributed by atoms with Gasteiger partial charge in [0, 0.05) is 37.7 Å². The number of amides is 4. The number of aromatic hydroxyl groups is 2. The van der Waals surface area contributed by atoms with Crippen molar-refractivity contribution in [2.24, 2.45) is 17.4 Å². The zero-order valence-electron chi connectivity index (χ0n) is 23.3. The van der Waals surface area contributed by atoms with Crippen molar-refractivity contribution in [2.45, 2.75) is 51.4 Å².